The van der Waals surface area contributed by atoms with Gasteiger partial charge < -0.3 is 25.0 Å². The standard InChI is InChI=1S/C30H38N4O5/c1-38-28(35)12-11-26(29(31)36)34-19-25-24(30(34)37)3-2-4-27(25)39-20-23-9-7-22(8-10-23)18-33-15-13-32(14-16-33)17-21-5-6-21/h2-4,7-10,21,26H,5-6,11-20H2,1H3,(H2,31,36). The number of methoxy groups -OCH3 is 1. The van der Waals surface area contributed by atoms with E-state index in [0.717, 1.165) is 49.8 Å². The Morgan fingerprint density at radius 1 is 1.00 bits per heavy atom. The molecule has 39 heavy (non-hydrogen) atoms. The van der Waals surface area contributed by atoms with Crippen LogP contribution in [0.25, 0.3) is 0 Å². The molecule has 2 aromatic rings. The van der Waals surface area contributed by atoms with Gasteiger partial charge in [-0.15, -0.1) is 0 Å². The fourth-order valence-electron chi connectivity index (χ4n) is 5.48. The van der Waals surface area contributed by atoms with Crippen LogP contribution in [-0.2, 0) is 34.0 Å². The van der Waals surface area contributed by atoms with Crippen molar-refractivity contribution in [2.24, 2.45) is 11.7 Å². The van der Waals surface area contributed by atoms with E-state index >= 15 is 0 Å². The third kappa shape index (κ3) is 6.78. The first-order valence-corrected chi connectivity index (χ1v) is 13.9. The molecule has 0 radical (unpaired) electrons. The average Bonchev–Trinajstić information content (AvgIpc) is 3.70. The highest BCUT2D eigenvalue weighted by atomic mass is 16.5. The van der Waals surface area contributed by atoms with Crippen molar-refractivity contribution in [2.45, 2.75) is 51.4 Å². The Balaban J connectivity index is 1.15. The Morgan fingerprint density at radius 3 is 2.36 bits per heavy atom. The SMILES string of the molecule is COC(=O)CCC(C(N)=O)N1Cc2c(OCc3ccc(CN4CCN(CC5CC5)CC4)cc3)cccc2C1=O. The van der Waals surface area contributed by atoms with Crippen LogP contribution in [0.2, 0.25) is 0 Å². The Labute approximate surface area is 229 Å². The second-order valence-corrected chi connectivity index (χ2v) is 10.9. The molecule has 9 heteroatoms. The predicted molar refractivity (Wildman–Crippen MR) is 146 cm³/mol. The molecule has 0 bridgehead atoms. The van der Waals surface area contributed by atoms with Crippen molar-refractivity contribution >= 4 is 17.8 Å². The number of esters is 1. The van der Waals surface area contributed by atoms with Gasteiger partial charge in [-0.3, -0.25) is 19.3 Å². The van der Waals surface area contributed by atoms with Gasteiger partial charge in [-0.05, 0) is 48.4 Å². The van der Waals surface area contributed by atoms with Gasteiger partial charge in [0.15, 0.2) is 0 Å². The number of carbonyl (C=O) groups is 3. The summed E-state index contributed by atoms with van der Waals surface area (Å²) >= 11 is 0. The molecular formula is C30H38N4O5. The molecule has 0 spiro atoms. The van der Waals surface area contributed by atoms with Crippen LogP contribution in [0.4, 0.5) is 0 Å². The van der Waals surface area contributed by atoms with Crippen LogP contribution in [0.5, 0.6) is 5.75 Å². The van der Waals surface area contributed by atoms with Crippen LogP contribution < -0.4 is 10.5 Å². The lowest BCUT2D eigenvalue weighted by Crippen LogP contribution is -2.46. The first kappa shape index (κ1) is 27.1. The lowest BCUT2D eigenvalue weighted by molar-refractivity contribution is -0.141. The number of ether oxygens (including phenoxy) is 2. The second-order valence-electron chi connectivity index (χ2n) is 10.9. The highest BCUT2D eigenvalue weighted by Crippen LogP contribution is 2.33. The largest absolute Gasteiger partial charge is 0.489 e. The normalized spacial score (nSPS) is 18.6. The van der Waals surface area contributed by atoms with E-state index in [1.54, 1.807) is 12.1 Å². The van der Waals surface area contributed by atoms with Crippen LogP contribution >= 0.6 is 0 Å². The first-order chi connectivity index (χ1) is 18.9. The molecule has 2 aliphatic heterocycles. The maximum absolute atomic E-state index is 13.1. The Bertz CT molecular complexity index is 1190. The molecule has 2 N–H and O–H groups in total. The molecule has 1 saturated heterocycles. The van der Waals surface area contributed by atoms with Crippen LogP contribution in [0.3, 0.4) is 0 Å². The van der Waals surface area contributed by atoms with Crippen molar-refractivity contribution in [1.82, 2.24) is 14.7 Å². The van der Waals surface area contributed by atoms with Gasteiger partial charge in [-0.2, -0.15) is 0 Å². The summed E-state index contributed by atoms with van der Waals surface area (Å²) in [5, 5.41) is 0. The maximum atomic E-state index is 13.1. The molecule has 1 saturated carbocycles. The number of piperazine rings is 1. The highest BCUT2D eigenvalue weighted by molar-refractivity contribution is 6.01. The molecule has 9 nitrogen and oxygen atoms in total. The lowest BCUT2D eigenvalue weighted by Gasteiger charge is -2.34. The van der Waals surface area contributed by atoms with E-state index < -0.39 is 17.9 Å². The third-order valence-corrected chi connectivity index (χ3v) is 8.01. The summed E-state index contributed by atoms with van der Waals surface area (Å²) in [7, 11) is 1.28. The molecule has 1 atom stereocenters. The lowest BCUT2D eigenvalue weighted by atomic mass is 10.1. The van der Waals surface area contributed by atoms with Gasteiger partial charge in [-0.1, -0.05) is 30.3 Å². The highest BCUT2D eigenvalue weighted by Gasteiger charge is 2.37. The van der Waals surface area contributed by atoms with Crippen LogP contribution in [-0.4, -0.2) is 78.4 Å². The minimum atomic E-state index is -0.898. The first-order valence-electron chi connectivity index (χ1n) is 13.9. The topological polar surface area (TPSA) is 105 Å². The van der Waals surface area contributed by atoms with E-state index in [1.165, 1.54) is 37.0 Å². The number of amides is 2. The summed E-state index contributed by atoms with van der Waals surface area (Å²) in [5.41, 5.74) is 9.14. The van der Waals surface area contributed by atoms with E-state index in [1.807, 2.05) is 6.07 Å². The number of carbonyl (C=O) groups excluding carboxylic acids is 3. The Morgan fingerprint density at radius 2 is 1.69 bits per heavy atom. The van der Waals surface area contributed by atoms with Crippen LogP contribution in [0.1, 0.15) is 52.7 Å². The van der Waals surface area contributed by atoms with E-state index in [2.05, 4.69) is 38.8 Å². The summed E-state index contributed by atoms with van der Waals surface area (Å²) in [5.74, 6) is 0.164. The van der Waals surface area contributed by atoms with Crippen molar-refractivity contribution in [3.8, 4) is 5.75 Å². The van der Waals surface area contributed by atoms with E-state index in [0.29, 0.717) is 17.9 Å². The fraction of sp³-hybridized carbons (Fsp3) is 0.500. The van der Waals surface area contributed by atoms with Crippen molar-refractivity contribution in [2.75, 3.05) is 39.8 Å². The number of hydrogen-bond donors (Lipinski definition) is 1. The van der Waals surface area contributed by atoms with Crippen LogP contribution in [0, 0.1) is 5.92 Å². The minimum absolute atomic E-state index is 0.000207. The number of fused-ring (bicyclic) bond motifs is 1. The van der Waals surface area contributed by atoms with E-state index in [4.69, 9.17) is 10.5 Å². The average molecular weight is 535 g/mol. The van der Waals surface area contributed by atoms with Gasteiger partial charge in [0, 0.05) is 56.8 Å². The van der Waals surface area contributed by atoms with Crippen molar-refractivity contribution in [1.29, 1.82) is 0 Å². The minimum Gasteiger partial charge on any atom is -0.489 e. The molecule has 2 heterocycles. The second kappa shape index (κ2) is 12.2. The fourth-order valence-corrected chi connectivity index (χ4v) is 5.48. The summed E-state index contributed by atoms with van der Waals surface area (Å²) in [6.07, 6.45) is 2.93. The number of nitrogens with zero attached hydrogens (tertiary/aromatic N) is 3. The van der Waals surface area contributed by atoms with Gasteiger partial charge in [0.1, 0.15) is 18.4 Å². The molecule has 2 fully saturated rings. The molecule has 208 valence electrons. The summed E-state index contributed by atoms with van der Waals surface area (Å²) in [4.78, 5) is 43.4. The Hall–Kier alpha value is -3.43. The van der Waals surface area contributed by atoms with Gasteiger partial charge in [0.2, 0.25) is 5.91 Å². The zero-order chi connectivity index (χ0) is 27.4. The third-order valence-electron chi connectivity index (χ3n) is 8.01. The molecule has 1 aliphatic carbocycles. The van der Waals surface area contributed by atoms with Crippen molar-refractivity contribution in [3.63, 3.8) is 0 Å². The number of hydrogen-bond acceptors (Lipinski definition) is 7. The summed E-state index contributed by atoms with van der Waals surface area (Å²) in [6, 6.07) is 12.9. The number of rotatable bonds is 12. The maximum Gasteiger partial charge on any atom is 0.305 e. The zero-order valence-corrected chi connectivity index (χ0v) is 22.6. The van der Waals surface area contributed by atoms with Crippen molar-refractivity contribution in [3.05, 3.63) is 64.7 Å². The number of benzene rings is 2. The molecule has 3 aliphatic rings. The summed E-state index contributed by atoms with van der Waals surface area (Å²) in [6.45, 7) is 7.36. The van der Waals surface area contributed by atoms with Gasteiger partial charge in [-0.25, -0.2) is 0 Å². The molecule has 0 aromatic heterocycles. The predicted octanol–water partition coefficient (Wildman–Crippen LogP) is 2.56. The van der Waals surface area contributed by atoms with Crippen molar-refractivity contribution < 1.29 is 23.9 Å². The van der Waals surface area contributed by atoms with E-state index in [9.17, 15) is 14.4 Å². The summed E-state index contributed by atoms with van der Waals surface area (Å²) < 4.78 is 10.8. The van der Waals surface area contributed by atoms with Gasteiger partial charge >= 0.3 is 5.97 Å². The van der Waals surface area contributed by atoms with Gasteiger partial charge in [0.05, 0.1) is 13.7 Å². The number of primary amides is 1. The molecule has 1 unspecified atom stereocenters. The van der Waals surface area contributed by atoms with E-state index in [-0.39, 0.29) is 25.3 Å². The van der Waals surface area contributed by atoms with Crippen LogP contribution in [0.15, 0.2) is 42.5 Å². The molecular weight excluding hydrogens is 496 g/mol. The monoisotopic (exact) mass is 534 g/mol. The quantitative estimate of drug-likeness (QED) is 0.417. The molecule has 2 amide bonds. The molecule has 2 aromatic carbocycles. The van der Waals surface area contributed by atoms with Gasteiger partial charge in [0.25, 0.3) is 5.91 Å². The number of nitrogens with two attached hydrogens (primary N) is 1. The Kier molecular flexibility index (Phi) is 8.47. The zero-order valence-electron chi connectivity index (χ0n) is 22.6. The smallest absolute Gasteiger partial charge is 0.305 e. The molecule has 5 rings (SSSR count).